The Morgan fingerprint density at radius 1 is 1.11 bits per heavy atom. The molecule has 4 nitrogen and oxygen atoms in total. The van der Waals surface area contributed by atoms with Gasteiger partial charge in [-0.15, -0.1) is 0 Å². The van der Waals surface area contributed by atoms with Crippen LogP contribution in [0.2, 0.25) is 0 Å². The first-order chi connectivity index (χ1) is 12.8. The third-order valence-electron chi connectivity index (χ3n) is 5.28. The third kappa shape index (κ3) is 4.00. The van der Waals surface area contributed by atoms with E-state index in [0.29, 0.717) is 6.07 Å². The molecule has 2 N–H and O–H groups in total. The van der Waals surface area contributed by atoms with Gasteiger partial charge >= 0.3 is 6.18 Å². The van der Waals surface area contributed by atoms with E-state index in [2.05, 4.69) is 0 Å². The molecule has 0 aliphatic heterocycles. The van der Waals surface area contributed by atoms with E-state index in [1.54, 1.807) is 12.1 Å². The van der Waals surface area contributed by atoms with E-state index in [0.717, 1.165) is 17.7 Å². The second kappa shape index (κ2) is 6.73. The molecule has 0 radical (unpaired) electrons. The van der Waals surface area contributed by atoms with Crippen LogP contribution in [0, 0.1) is 17.2 Å². The Hall–Kier alpha value is -2.13. The number of ether oxygens (including phenoxy) is 1. The Morgan fingerprint density at radius 3 is 2.25 bits per heavy atom. The molecule has 1 saturated carbocycles. The van der Waals surface area contributed by atoms with Gasteiger partial charge in [-0.25, -0.2) is 17.9 Å². The summed E-state index contributed by atoms with van der Waals surface area (Å²) < 4.78 is 80.6. The summed E-state index contributed by atoms with van der Waals surface area (Å²) in [7, 11) is -3.80. The highest BCUT2D eigenvalue weighted by atomic mass is 32.2. The van der Waals surface area contributed by atoms with E-state index in [-0.39, 0.29) is 28.8 Å². The van der Waals surface area contributed by atoms with Gasteiger partial charge in [-0.1, -0.05) is 26.0 Å². The average molecular weight is 417 g/mol. The van der Waals surface area contributed by atoms with Crippen LogP contribution in [0.25, 0.3) is 0 Å². The zero-order chi connectivity index (χ0) is 20.9. The summed E-state index contributed by atoms with van der Waals surface area (Å²) in [6.45, 7) is 3.92. The van der Waals surface area contributed by atoms with Crippen LogP contribution in [0.15, 0.2) is 47.4 Å². The van der Waals surface area contributed by atoms with Gasteiger partial charge in [0.25, 0.3) is 0 Å². The lowest BCUT2D eigenvalue weighted by Gasteiger charge is -2.14. The maximum atomic E-state index is 13.2. The van der Waals surface area contributed by atoms with Crippen molar-refractivity contribution < 1.29 is 30.7 Å². The summed E-state index contributed by atoms with van der Waals surface area (Å²) in [6, 6.07) is 8.40. The smallest absolute Gasteiger partial charge is 0.420 e. The minimum atomic E-state index is -4.72. The Balaban J connectivity index is 1.76. The van der Waals surface area contributed by atoms with Crippen LogP contribution in [0.1, 0.15) is 30.9 Å². The fourth-order valence-corrected chi connectivity index (χ4v) is 4.13. The number of hydrogen-bond acceptors (Lipinski definition) is 3. The summed E-state index contributed by atoms with van der Waals surface area (Å²) in [5.41, 5.74) is -0.553. The van der Waals surface area contributed by atoms with E-state index < -0.39 is 33.3 Å². The molecular formula is C19H19F4NO3S. The number of hydrogen-bond donors (Lipinski definition) is 1. The molecule has 0 bridgehead atoms. The van der Waals surface area contributed by atoms with Gasteiger partial charge in [-0.3, -0.25) is 0 Å². The molecule has 2 aromatic rings. The van der Waals surface area contributed by atoms with Crippen LogP contribution in [0.3, 0.4) is 0 Å². The second-order valence-corrected chi connectivity index (χ2v) is 9.03. The molecule has 2 unspecified atom stereocenters. The highest BCUT2D eigenvalue weighted by molar-refractivity contribution is 7.89. The van der Waals surface area contributed by atoms with E-state index in [4.69, 9.17) is 9.88 Å². The van der Waals surface area contributed by atoms with Gasteiger partial charge in [0.1, 0.15) is 17.1 Å². The Bertz CT molecular complexity index is 985. The molecule has 0 aromatic heterocycles. The summed E-state index contributed by atoms with van der Waals surface area (Å²) in [5, 5.41) is 5.08. The second-order valence-electron chi connectivity index (χ2n) is 7.47. The molecule has 2 aromatic carbocycles. The van der Waals surface area contributed by atoms with Crippen LogP contribution in [-0.4, -0.2) is 15.0 Å². The molecular weight excluding hydrogens is 398 g/mol. The summed E-state index contributed by atoms with van der Waals surface area (Å²) in [4.78, 5) is -0.0105. The zero-order valence-corrected chi connectivity index (χ0v) is 15.9. The lowest BCUT2D eigenvalue weighted by atomic mass is 10.0. The average Bonchev–Trinajstić information content (AvgIpc) is 3.13. The van der Waals surface area contributed by atoms with E-state index in [9.17, 15) is 26.0 Å². The molecule has 1 aliphatic carbocycles. The van der Waals surface area contributed by atoms with Crippen molar-refractivity contribution in [3.8, 4) is 5.75 Å². The molecule has 3 rings (SSSR count). The fraction of sp³-hybridized carbons (Fsp3) is 0.368. The normalized spacial score (nSPS) is 21.4. The van der Waals surface area contributed by atoms with Gasteiger partial charge in [0.05, 0.1) is 11.5 Å². The van der Waals surface area contributed by atoms with Crippen molar-refractivity contribution >= 4 is 10.0 Å². The number of rotatable bonds is 5. The standard InChI is InChI=1S/C19H19F4NO3S/c1-18(2)15(17(18)11-3-6-13(7-4-11)28(24,25)26)10-27-16-8-5-12(20)9-14(16)19(21,22)23/h3-9,15,17H,10H2,1-2H3,(H2,24,25,26). The molecule has 0 spiro atoms. The van der Waals surface area contributed by atoms with Crippen molar-refractivity contribution in [1.29, 1.82) is 0 Å². The Labute approximate surface area is 160 Å². The molecule has 2 atom stereocenters. The van der Waals surface area contributed by atoms with Crippen molar-refractivity contribution in [3.63, 3.8) is 0 Å². The number of sulfonamides is 1. The number of alkyl halides is 3. The van der Waals surface area contributed by atoms with Crippen LogP contribution < -0.4 is 9.88 Å². The van der Waals surface area contributed by atoms with Crippen molar-refractivity contribution in [2.45, 2.75) is 30.8 Å². The number of primary sulfonamides is 1. The molecule has 28 heavy (non-hydrogen) atoms. The predicted molar refractivity (Wildman–Crippen MR) is 94.7 cm³/mol. The lowest BCUT2D eigenvalue weighted by molar-refractivity contribution is -0.139. The van der Waals surface area contributed by atoms with Crippen molar-refractivity contribution in [2.24, 2.45) is 16.5 Å². The van der Waals surface area contributed by atoms with Gasteiger partial charge in [0.2, 0.25) is 10.0 Å². The number of benzene rings is 2. The number of nitrogens with two attached hydrogens (primary N) is 1. The molecule has 0 amide bonds. The van der Waals surface area contributed by atoms with Crippen LogP contribution in [-0.2, 0) is 16.2 Å². The SMILES string of the molecule is CC1(C)C(COc2ccc(F)cc2C(F)(F)F)C1c1ccc(S(N)(=O)=O)cc1. The largest absolute Gasteiger partial charge is 0.493 e. The molecule has 0 heterocycles. The van der Waals surface area contributed by atoms with E-state index in [1.807, 2.05) is 13.8 Å². The topological polar surface area (TPSA) is 69.4 Å². The fourth-order valence-electron chi connectivity index (χ4n) is 3.61. The van der Waals surface area contributed by atoms with E-state index in [1.165, 1.54) is 12.1 Å². The first-order valence-electron chi connectivity index (χ1n) is 8.44. The quantitative estimate of drug-likeness (QED) is 0.737. The Morgan fingerprint density at radius 2 is 1.71 bits per heavy atom. The van der Waals surface area contributed by atoms with Gasteiger partial charge in [-0.2, -0.15) is 13.2 Å². The third-order valence-corrected chi connectivity index (χ3v) is 6.21. The minimum absolute atomic E-state index is 0.0105. The van der Waals surface area contributed by atoms with Crippen LogP contribution in [0.4, 0.5) is 17.6 Å². The molecule has 9 heteroatoms. The van der Waals surface area contributed by atoms with Crippen molar-refractivity contribution in [3.05, 3.63) is 59.4 Å². The van der Waals surface area contributed by atoms with Crippen molar-refractivity contribution in [2.75, 3.05) is 6.61 Å². The molecule has 1 fully saturated rings. The lowest BCUT2D eigenvalue weighted by Crippen LogP contribution is -2.12. The first-order valence-corrected chi connectivity index (χ1v) is 9.99. The minimum Gasteiger partial charge on any atom is -0.493 e. The highest BCUT2D eigenvalue weighted by Gasteiger charge is 2.58. The summed E-state index contributed by atoms with van der Waals surface area (Å²) in [5.74, 6) is -1.50. The van der Waals surface area contributed by atoms with E-state index >= 15 is 0 Å². The highest BCUT2D eigenvalue weighted by Crippen LogP contribution is 2.64. The van der Waals surface area contributed by atoms with Gasteiger partial charge in [0, 0.05) is 5.92 Å². The molecule has 0 saturated heterocycles. The number of halogens is 4. The summed E-state index contributed by atoms with van der Waals surface area (Å²) >= 11 is 0. The molecule has 152 valence electrons. The van der Waals surface area contributed by atoms with Gasteiger partial charge in [0.15, 0.2) is 0 Å². The van der Waals surface area contributed by atoms with Crippen LogP contribution >= 0.6 is 0 Å². The first kappa shape index (κ1) is 20.6. The Kier molecular flexibility index (Phi) is 4.95. The monoisotopic (exact) mass is 417 g/mol. The summed E-state index contributed by atoms with van der Waals surface area (Å²) in [6.07, 6.45) is -4.72. The maximum absolute atomic E-state index is 13.2. The maximum Gasteiger partial charge on any atom is 0.420 e. The van der Waals surface area contributed by atoms with Crippen molar-refractivity contribution in [1.82, 2.24) is 0 Å². The zero-order valence-electron chi connectivity index (χ0n) is 15.1. The van der Waals surface area contributed by atoms with Gasteiger partial charge < -0.3 is 4.74 Å². The van der Waals surface area contributed by atoms with Gasteiger partial charge in [-0.05, 0) is 47.2 Å². The predicted octanol–water partition coefficient (Wildman–Crippen LogP) is 4.31. The van der Waals surface area contributed by atoms with Crippen LogP contribution in [0.5, 0.6) is 5.75 Å². The molecule has 1 aliphatic rings.